The summed E-state index contributed by atoms with van der Waals surface area (Å²) < 4.78 is 26.8. The molecule has 0 radical (unpaired) electrons. The topological polar surface area (TPSA) is 42.0 Å². The smallest absolute Gasteiger partial charge is 0.147 e. The fourth-order valence-corrected chi connectivity index (χ4v) is 4.17. The number of aromatic nitrogens is 1. The van der Waals surface area contributed by atoms with Crippen molar-refractivity contribution >= 4 is 51.4 Å². The van der Waals surface area contributed by atoms with Crippen molar-refractivity contribution in [3.05, 3.63) is 45.9 Å². The Bertz CT molecular complexity index is 705. The Labute approximate surface area is 130 Å². The Kier molecular flexibility index (Phi) is 4.52. The number of rotatable bonds is 3. The second-order valence-corrected chi connectivity index (χ2v) is 9.09. The molecule has 106 valence electrons. The minimum atomic E-state index is -2.62. The van der Waals surface area contributed by atoms with E-state index < -0.39 is 13.0 Å². The van der Waals surface area contributed by atoms with E-state index in [1.54, 1.807) is 25.5 Å². The molecule has 0 atom stereocenters. The van der Waals surface area contributed by atoms with Crippen LogP contribution in [0.1, 0.15) is 0 Å². The molecule has 2 rings (SSSR count). The van der Waals surface area contributed by atoms with Gasteiger partial charge in [0.2, 0.25) is 0 Å². The van der Waals surface area contributed by atoms with E-state index in [2.05, 4.69) is 26.2 Å². The van der Waals surface area contributed by atoms with E-state index in [9.17, 15) is 8.96 Å². The molecule has 7 heteroatoms. The monoisotopic (exact) mass is 376 g/mol. The third-order valence-corrected chi connectivity index (χ3v) is 5.08. The summed E-state index contributed by atoms with van der Waals surface area (Å²) in [6.07, 6.45) is 2.92. The minimum absolute atomic E-state index is 0.270. The number of halogens is 3. The van der Waals surface area contributed by atoms with Crippen LogP contribution in [0.25, 0.3) is 0 Å². The van der Waals surface area contributed by atoms with Crippen LogP contribution in [0.4, 0.5) is 15.8 Å². The lowest BCUT2D eigenvalue weighted by Gasteiger charge is -2.16. The molecule has 0 amide bonds. The minimum Gasteiger partial charge on any atom is -0.351 e. The molecule has 3 nitrogen and oxygen atoms in total. The molecule has 0 spiro atoms. The first-order valence-corrected chi connectivity index (χ1v) is 9.47. The van der Waals surface area contributed by atoms with Crippen molar-refractivity contribution < 1.29 is 8.96 Å². The van der Waals surface area contributed by atoms with Gasteiger partial charge in [-0.05, 0) is 31.5 Å². The van der Waals surface area contributed by atoms with Crippen LogP contribution in [-0.4, -0.2) is 18.3 Å². The molecule has 0 aliphatic carbocycles. The third-order valence-electron chi connectivity index (χ3n) is 2.61. The zero-order chi connectivity index (χ0) is 14.9. The first-order chi connectivity index (χ1) is 9.29. The average molecular weight is 378 g/mol. The van der Waals surface area contributed by atoms with E-state index in [1.165, 1.54) is 18.5 Å². The number of benzene rings is 1. The maximum absolute atomic E-state index is 13.8. The summed E-state index contributed by atoms with van der Waals surface area (Å²) in [4.78, 5) is 3.95. The van der Waals surface area contributed by atoms with Crippen LogP contribution in [0.5, 0.6) is 0 Å². The van der Waals surface area contributed by atoms with Gasteiger partial charge < -0.3 is 9.88 Å². The SMILES string of the molecule is CP(C)(=O)c1c(Cl)cncc1Nc1ccc(Br)cc1F. The van der Waals surface area contributed by atoms with Gasteiger partial charge in [0.15, 0.2) is 0 Å². The van der Waals surface area contributed by atoms with Gasteiger partial charge in [-0.15, -0.1) is 0 Å². The van der Waals surface area contributed by atoms with Gasteiger partial charge in [0.1, 0.15) is 13.0 Å². The number of hydrogen-bond donors (Lipinski definition) is 1. The highest BCUT2D eigenvalue weighted by Crippen LogP contribution is 2.41. The second kappa shape index (κ2) is 5.84. The highest BCUT2D eigenvalue weighted by atomic mass is 79.9. The summed E-state index contributed by atoms with van der Waals surface area (Å²) in [6.45, 7) is 3.22. The Morgan fingerprint density at radius 3 is 2.60 bits per heavy atom. The maximum Gasteiger partial charge on any atom is 0.147 e. The fraction of sp³-hybridized carbons (Fsp3) is 0.154. The lowest BCUT2D eigenvalue weighted by Crippen LogP contribution is -2.12. The first-order valence-electron chi connectivity index (χ1n) is 5.70. The molecule has 1 aromatic carbocycles. The number of hydrogen-bond acceptors (Lipinski definition) is 3. The average Bonchev–Trinajstić information content (AvgIpc) is 2.31. The molecule has 1 heterocycles. The lowest BCUT2D eigenvalue weighted by atomic mass is 10.3. The predicted octanol–water partition coefficient (Wildman–Crippen LogP) is 4.63. The van der Waals surface area contributed by atoms with Crippen LogP contribution in [0.3, 0.4) is 0 Å². The molecule has 1 aromatic heterocycles. The van der Waals surface area contributed by atoms with E-state index in [-0.39, 0.29) is 5.69 Å². The zero-order valence-electron chi connectivity index (χ0n) is 10.8. The quantitative estimate of drug-likeness (QED) is 0.793. The largest absolute Gasteiger partial charge is 0.351 e. The number of nitrogens with zero attached hydrogens (tertiary/aromatic N) is 1. The molecule has 0 bridgehead atoms. The van der Waals surface area contributed by atoms with Gasteiger partial charge >= 0.3 is 0 Å². The molecule has 0 fully saturated rings. The Hall–Kier alpha value is -0.900. The van der Waals surface area contributed by atoms with Gasteiger partial charge in [-0.25, -0.2) is 4.39 Å². The zero-order valence-corrected chi connectivity index (χ0v) is 14.1. The van der Waals surface area contributed by atoms with Crippen LogP contribution in [0, 0.1) is 5.82 Å². The van der Waals surface area contributed by atoms with Crippen LogP contribution in [0.15, 0.2) is 35.1 Å². The maximum atomic E-state index is 13.8. The molecule has 0 saturated carbocycles. The molecular formula is C13H12BrClFN2OP. The van der Waals surface area contributed by atoms with Crippen LogP contribution >= 0.6 is 34.7 Å². The van der Waals surface area contributed by atoms with Crippen LogP contribution in [-0.2, 0) is 4.57 Å². The van der Waals surface area contributed by atoms with Crippen LogP contribution < -0.4 is 10.6 Å². The Morgan fingerprint density at radius 2 is 2.00 bits per heavy atom. The summed E-state index contributed by atoms with van der Waals surface area (Å²) in [5.41, 5.74) is 0.721. The highest BCUT2D eigenvalue weighted by molar-refractivity contribution is 9.10. The standard InChI is InChI=1S/C13H12BrClFN2OP/c1-20(2,19)13-9(15)6-17-7-12(13)18-11-4-3-8(14)5-10(11)16/h3-7,18H,1-2H3. The predicted molar refractivity (Wildman–Crippen MR) is 85.7 cm³/mol. The molecule has 1 N–H and O–H groups in total. The second-order valence-electron chi connectivity index (χ2n) is 4.62. The van der Waals surface area contributed by atoms with Crippen molar-refractivity contribution in [2.75, 3.05) is 18.6 Å². The molecule has 0 unspecified atom stereocenters. The number of nitrogens with one attached hydrogen (secondary N) is 1. The van der Waals surface area contributed by atoms with Crippen molar-refractivity contribution in [2.24, 2.45) is 0 Å². The summed E-state index contributed by atoms with van der Waals surface area (Å²) in [5, 5.41) is 3.68. The van der Waals surface area contributed by atoms with E-state index >= 15 is 0 Å². The van der Waals surface area contributed by atoms with E-state index in [1.807, 2.05) is 0 Å². The van der Waals surface area contributed by atoms with Gasteiger partial charge in [0.05, 0.1) is 27.9 Å². The van der Waals surface area contributed by atoms with E-state index in [0.29, 0.717) is 20.5 Å². The van der Waals surface area contributed by atoms with E-state index in [0.717, 1.165) is 0 Å². The Morgan fingerprint density at radius 1 is 1.30 bits per heavy atom. The molecule has 20 heavy (non-hydrogen) atoms. The summed E-state index contributed by atoms with van der Waals surface area (Å²) in [7, 11) is -2.62. The van der Waals surface area contributed by atoms with Crippen molar-refractivity contribution in [1.82, 2.24) is 4.98 Å². The molecular weight excluding hydrogens is 365 g/mol. The van der Waals surface area contributed by atoms with Crippen molar-refractivity contribution in [3.63, 3.8) is 0 Å². The molecule has 2 aromatic rings. The van der Waals surface area contributed by atoms with Crippen molar-refractivity contribution in [2.45, 2.75) is 0 Å². The molecule has 0 aliphatic heterocycles. The summed E-state index contributed by atoms with van der Waals surface area (Å²) >= 11 is 9.26. The lowest BCUT2D eigenvalue weighted by molar-refractivity contribution is 0.588. The number of pyridine rings is 1. The van der Waals surface area contributed by atoms with Crippen molar-refractivity contribution in [3.8, 4) is 0 Å². The number of anilines is 2. The molecule has 0 aliphatic rings. The van der Waals surface area contributed by atoms with Gasteiger partial charge in [-0.1, -0.05) is 27.5 Å². The summed E-state index contributed by atoms with van der Waals surface area (Å²) in [6, 6.07) is 4.64. The van der Waals surface area contributed by atoms with Crippen LogP contribution in [0.2, 0.25) is 5.02 Å². The summed E-state index contributed by atoms with van der Waals surface area (Å²) in [5.74, 6) is -0.424. The first kappa shape index (κ1) is 15.5. The van der Waals surface area contributed by atoms with Gasteiger partial charge in [0, 0.05) is 10.7 Å². The fourth-order valence-electron chi connectivity index (χ4n) is 1.80. The third kappa shape index (κ3) is 3.40. The Balaban J connectivity index is 2.49. The van der Waals surface area contributed by atoms with Gasteiger partial charge in [-0.3, -0.25) is 4.98 Å². The van der Waals surface area contributed by atoms with Crippen molar-refractivity contribution in [1.29, 1.82) is 0 Å². The van der Waals surface area contributed by atoms with E-state index in [4.69, 9.17) is 11.6 Å². The highest BCUT2D eigenvalue weighted by Gasteiger charge is 2.21. The van der Waals surface area contributed by atoms with Gasteiger partial charge in [0.25, 0.3) is 0 Å². The van der Waals surface area contributed by atoms with Gasteiger partial charge in [-0.2, -0.15) is 0 Å². The molecule has 0 saturated heterocycles. The normalized spacial score (nSPS) is 11.4.